The maximum Gasteiger partial charge on any atom is 0.126 e. The summed E-state index contributed by atoms with van der Waals surface area (Å²) in [7, 11) is 0. The summed E-state index contributed by atoms with van der Waals surface area (Å²) in [4.78, 5) is 0. The Morgan fingerprint density at radius 2 is 0.527 bits per heavy atom. The van der Waals surface area contributed by atoms with Crippen molar-refractivity contribution in [1.82, 2.24) is 0 Å². The maximum absolute atomic E-state index is 11.9. The first kappa shape index (κ1) is 97.9. The molecule has 0 spiro atoms. The van der Waals surface area contributed by atoms with E-state index in [0.717, 1.165) is 97.2 Å². The largest absolute Gasteiger partial charge is 0.507 e. The molecule has 0 aliphatic carbocycles. The molecule has 0 aromatic heterocycles. The third-order valence-electron chi connectivity index (χ3n) is 33.4. The van der Waals surface area contributed by atoms with Crippen LogP contribution in [-0.2, 0) is 30.1 Å². The first-order chi connectivity index (χ1) is 73.0. The van der Waals surface area contributed by atoms with Crippen LogP contribution in [0, 0.1) is 20.8 Å². The van der Waals surface area contributed by atoms with E-state index in [1.807, 2.05) is 32.9 Å². The zero-order valence-electron chi connectivity index (χ0n) is 87.5. The van der Waals surface area contributed by atoms with Gasteiger partial charge in [0.15, 0.2) is 0 Å². The molecule has 4 unspecified atom stereocenters. The molecule has 0 saturated carbocycles. The monoisotopic (exact) mass is 1950 g/mol. The third kappa shape index (κ3) is 17.0. The van der Waals surface area contributed by atoms with Gasteiger partial charge in [-0.1, -0.05) is 419 Å². The molecule has 4 atom stereocenters. The molecule has 0 aliphatic rings. The summed E-state index contributed by atoms with van der Waals surface area (Å²) in [6.45, 7) is 25.6. The molecule has 0 amide bonds. The molecule has 0 radical (unpaired) electrons. The summed E-state index contributed by atoms with van der Waals surface area (Å²) >= 11 is 0. The molecule has 6 N–H and O–H groups in total. The van der Waals surface area contributed by atoms with E-state index in [9.17, 15) is 30.6 Å². The molecule has 6 heteroatoms. The Balaban J connectivity index is 0.000000128. The molecule has 150 heavy (non-hydrogen) atoms. The quantitative estimate of drug-likeness (QED) is 0.0216. The lowest BCUT2D eigenvalue weighted by Crippen LogP contribution is -2.29. The van der Waals surface area contributed by atoms with Crippen molar-refractivity contribution in [2.45, 2.75) is 156 Å². The van der Waals surface area contributed by atoms with Gasteiger partial charge in [0.05, 0.1) is 0 Å². The Morgan fingerprint density at radius 3 is 0.940 bits per heavy atom. The highest BCUT2D eigenvalue weighted by Crippen LogP contribution is 2.55. The number of benzene rings is 24. The number of aryl methyl sites for hydroxylation is 6. The van der Waals surface area contributed by atoms with Gasteiger partial charge in [-0.15, -0.1) is 0 Å². The van der Waals surface area contributed by atoms with E-state index in [2.05, 4.69) is 463 Å². The Labute approximate surface area is 879 Å². The van der Waals surface area contributed by atoms with Crippen LogP contribution < -0.4 is 0 Å². The highest BCUT2D eigenvalue weighted by molar-refractivity contribution is 6.25. The molecule has 0 fully saturated rings. The van der Waals surface area contributed by atoms with Gasteiger partial charge < -0.3 is 30.6 Å². The first-order valence-corrected chi connectivity index (χ1v) is 53.5. The minimum Gasteiger partial charge on any atom is -0.507 e. The van der Waals surface area contributed by atoms with Gasteiger partial charge in [-0.25, -0.2) is 0 Å². The van der Waals surface area contributed by atoms with Gasteiger partial charge in [0.1, 0.15) is 34.5 Å². The SMILES string of the molecule is CCc1cc(C(CC)(c2ccccc2)c2ccccc2)cc(-c2cc(C(C)(c3ccccc3)c3ccccc3)cc(C)c2O)c1O.CCc1cc(C(CC)c2c3ccccc3cc3ccccc23)cc(-c2cc(C(C)c3c4ccccc4cc4ccccc34)cc(C)c2O)c1O.CCc1cc(C(CC)c2ccc3ccc4cccc5ccc2c3c45)cc(-c2cc(C(C)c3ccc4ccc5cccc6ccc3c4c56)cc(C)c2O)c1O. The lowest BCUT2D eigenvalue weighted by molar-refractivity contribution is 0.462. The van der Waals surface area contributed by atoms with Crippen molar-refractivity contribution in [1.29, 1.82) is 0 Å². The van der Waals surface area contributed by atoms with Gasteiger partial charge in [0.2, 0.25) is 0 Å². The van der Waals surface area contributed by atoms with Crippen molar-refractivity contribution >= 4 is 108 Å². The highest BCUT2D eigenvalue weighted by Gasteiger charge is 2.39. The molecule has 24 rings (SSSR count). The second-order valence-corrected chi connectivity index (χ2v) is 41.6. The Morgan fingerprint density at radius 1 is 0.220 bits per heavy atom. The van der Waals surface area contributed by atoms with Gasteiger partial charge in [0, 0.05) is 67.9 Å². The van der Waals surface area contributed by atoms with E-state index in [1.54, 1.807) is 0 Å². The van der Waals surface area contributed by atoms with Gasteiger partial charge in [-0.05, 0) is 334 Å². The number of phenolic OH excluding ortho intramolecular Hbond substituents is 6. The molecular weight excluding hydrogens is 1830 g/mol. The standard InChI is InChI=1S/C52H42O2.C48H42O2.C44H42O2/c1-5-31-26-39(40(6-2)42-22-18-37-16-14-33-10-8-12-35-20-24-44(42)50(37)48(33)35)28-46(52(31)54)45-27-38(25-29(3)51(45)53)30(4)41-21-17-36-15-13-32-9-7-11-34-19-23-43(41)49(36)47(32)34;1-5-31-24-37(38(6-2)46-41-21-13-9-17-34(41)26-35-18-10-14-22-42(35)46)28-44(48(31)50)43-27-36(23-29(3)47(43)49)30(4)45-39-19-11-7-15-32(39)25-33-16-8-12-20-40(33)45;1-5-32-28-38(44(6-2,35-23-15-9-16-24-35)36-25-17-10-18-26-36)30-40(42(32)46)39-29-37(27-31(3)41(39)45)43(4,33-19-11-7-12-20-33)34-21-13-8-14-22-34/h7-28,30,40,53-54H,5-6H2,1-4H3;7-28,30,38,49-50H,5-6H2,1-4H3;7-30,45-46H,5-6H2,1-4H3. The van der Waals surface area contributed by atoms with Crippen LogP contribution in [0.25, 0.3) is 141 Å². The van der Waals surface area contributed by atoms with Crippen LogP contribution in [0.3, 0.4) is 0 Å². The molecule has 24 aromatic rings. The molecule has 6 nitrogen and oxygen atoms in total. The van der Waals surface area contributed by atoms with Crippen LogP contribution in [0.2, 0.25) is 0 Å². The molecular formula is C144H126O6. The number of fused-ring (bicyclic) bond motifs is 4. The van der Waals surface area contributed by atoms with Crippen molar-refractivity contribution < 1.29 is 30.6 Å². The van der Waals surface area contributed by atoms with Crippen molar-refractivity contribution in [2.24, 2.45) is 0 Å². The third-order valence-corrected chi connectivity index (χ3v) is 33.4. The zero-order valence-corrected chi connectivity index (χ0v) is 87.5. The number of rotatable bonds is 23. The van der Waals surface area contributed by atoms with Gasteiger partial charge in [-0.3, -0.25) is 0 Å². The van der Waals surface area contributed by atoms with E-state index in [-0.39, 0.29) is 58.2 Å². The van der Waals surface area contributed by atoms with E-state index < -0.39 is 10.8 Å². The summed E-state index contributed by atoms with van der Waals surface area (Å²) in [5, 5.41) is 96.1. The Hall–Kier alpha value is -16.8. The lowest BCUT2D eigenvalue weighted by Gasteiger charge is -2.36. The summed E-state index contributed by atoms with van der Waals surface area (Å²) in [5.41, 5.74) is 24.5. The van der Waals surface area contributed by atoms with Crippen molar-refractivity contribution in [2.75, 3.05) is 0 Å². The average Bonchev–Trinajstić information content (AvgIpc) is 0.788. The van der Waals surface area contributed by atoms with Crippen LogP contribution in [0.1, 0.15) is 217 Å². The zero-order chi connectivity index (χ0) is 104. The fourth-order valence-corrected chi connectivity index (χ4v) is 25.3. The number of hydrogen-bond donors (Lipinski definition) is 6. The van der Waals surface area contributed by atoms with Gasteiger partial charge >= 0.3 is 0 Å². The summed E-state index contributed by atoms with van der Waals surface area (Å²) in [6.07, 6.45) is 4.62. The van der Waals surface area contributed by atoms with Crippen molar-refractivity contribution in [3.8, 4) is 67.9 Å². The predicted molar refractivity (Wildman–Crippen MR) is 632 cm³/mol. The van der Waals surface area contributed by atoms with Crippen molar-refractivity contribution in [3.63, 3.8) is 0 Å². The van der Waals surface area contributed by atoms with Crippen LogP contribution in [0.5, 0.6) is 34.5 Å². The lowest BCUT2D eigenvalue weighted by atomic mass is 9.66. The molecule has 24 aromatic carbocycles. The second kappa shape index (κ2) is 40.4. The van der Waals surface area contributed by atoms with E-state index in [4.69, 9.17) is 0 Å². The molecule has 0 heterocycles. The molecule has 0 aliphatic heterocycles. The van der Waals surface area contributed by atoms with Crippen LogP contribution in [0.15, 0.2) is 413 Å². The highest BCUT2D eigenvalue weighted by atomic mass is 16.3. The minimum atomic E-state index is -0.502. The number of phenols is 6. The smallest absolute Gasteiger partial charge is 0.126 e. The molecule has 738 valence electrons. The summed E-state index contributed by atoms with van der Waals surface area (Å²) in [5.74, 6) is 1.57. The minimum absolute atomic E-state index is 0.0328. The van der Waals surface area contributed by atoms with Gasteiger partial charge in [0.25, 0.3) is 0 Å². The first-order valence-electron chi connectivity index (χ1n) is 53.5. The number of aromatic hydroxyl groups is 6. The van der Waals surface area contributed by atoms with E-state index in [0.29, 0.717) is 52.6 Å². The van der Waals surface area contributed by atoms with Gasteiger partial charge in [-0.2, -0.15) is 0 Å². The van der Waals surface area contributed by atoms with E-state index >= 15 is 0 Å². The Bertz CT molecular complexity index is 9040. The normalized spacial score (nSPS) is 12.7. The fraction of sp³-hybridized carbons (Fsp3) is 0.167. The van der Waals surface area contributed by atoms with E-state index in [1.165, 1.54) is 141 Å². The predicted octanol–water partition coefficient (Wildman–Crippen LogP) is 37.8. The summed E-state index contributed by atoms with van der Waals surface area (Å²) < 4.78 is 0. The summed E-state index contributed by atoms with van der Waals surface area (Å²) in [6, 6.07) is 147. The number of hydrogen-bond acceptors (Lipinski definition) is 6. The van der Waals surface area contributed by atoms with Crippen LogP contribution >= 0.6 is 0 Å². The topological polar surface area (TPSA) is 121 Å². The molecule has 0 bridgehead atoms. The second-order valence-electron chi connectivity index (χ2n) is 41.6. The van der Waals surface area contributed by atoms with Crippen LogP contribution in [0.4, 0.5) is 0 Å². The fourth-order valence-electron chi connectivity index (χ4n) is 25.3. The Kier molecular flexibility index (Phi) is 26.4. The van der Waals surface area contributed by atoms with Crippen LogP contribution in [-0.4, -0.2) is 30.6 Å². The van der Waals surface area contributed by atoms with Crippen molar-refractivity contribution in [3.05, 3.63) is 524 Å². The molecule has 0 saturated heterocycles. The maximum atomic E-state index is 11.9. The average molecular weight is 1950 g/mol.